The standard InChI is InChI=1S/C19H18BrN3OS/c20-14-5-1-4-8-17(14)25-10-9-18(24)23-11-13(12-23)19-21-15-6-2-3-7-16(15)22-19/h1-8,13H,9-12H2,(H,21,22). The van der Waals surface area contributed by atoms with Crippen LogP contribution in [-0.2, 0) is 4.79 Å². The molecule has 1 saturated heterocycles. The average molecular weight is 416 g/mol. The van der Waals surface area contributed by atoms with E-state index in [-0.39, 0.29) is 5.91 Å². The second-order valence-corrected chi connectivity index (χ2v) is 8.15. The molecule has 4 rings (SSSR count). The summed E-state index contributed by atoms with van der Waals surface area (Å²) in [6, 6.07) is 16.1. The molecule has 25 heavy (non-hydrogen) atoms. The Morgan fingerprint density at radius 1 is 1.20 bits per heavy atom. The number of aromatic nitrogens is 2. The fraction of sp³-hybridized carbons (Fsp3) is 0.263. The number of rotatable bonds is 5. The molecule has 0 spiro atoms. The van der Waals surface area contributed by atoms with E-state index in [0.717, 1.165) is 40.2 Å². The van der Waals surface area contributed by atoms with Crippen LogP contribution in [0.5, 0.6) is 0 Å². The van der Waals surface area contributed by atoms with Gasteiger partial charge in [-0.05, 0) is 40.2 Å². The van der Waals surface area contributed by atoms with Crippen LogP contribution in [0.15, 0.2) is 57.9 Å². The van der Waals surface area contributed by atoms with Crippen molar-refractivity contribution in [1.29, 1.82) is 0 Å². The number of nitrogens with zero attached hydrogens (tertiary/aromatic N) is 2. The molecule has 1 aromatic heterocycles. The van der Waals surface area contributed by atoms with Crippen molar-refractivity contribution in [2.75, 3.05) is 18.8 Å². The predicted octanol–water partition coefficient (Wildman–Crippen LogP) is 4.43. The number of halogens is 1. The predicted molar refractivity (Wildman–Crippen MR) is 105 cm³/mol. The number of para-hydroxylation sites is 2. The third-order valence-corrected chi connectivity index (χ3v) is 6.47. The number of benzene rings is 2. The van der Waals surface area contributed by atoms with E-state index in [1.54, 1.807) is 11.8 Å². The largest absolute Gasteiger partial charge is 0.342 e. The Hall–Kier alpha value is -1.79. The van der Waals surface area contributed by atoms with Crippen molar-refractivity contribution in [3.05, 3.63) is 58.8 Å². The van der Waals surface area contributed by atoms with Gasteiger partial charge in [0.1, 0.15) is 5.82 Å². The molecule has 0 atom stereocenters. The summed E-state index contributed by atoms with van der Waals surface area (Å²) in [5.41, 5.74) is 2.05. The van der Waals surface area contributed by atoms with E-state index in [4.69, 9.17) is 0 Å². The molecule has 3 aromatic rings. The van der Waals surface area contributed by atoms with Gasteiger partial charge >= 0.3 is 0 Å². The number of amides is 1. The third kappa shape index (κ3) is 3.60. The summed E-state index contributed by atoms with van der Waals surface area (Å²) in [4.78, 5) is 23.4. The van der Waals surface area contributed by atoms with Crippen molar-refractivity contribution >= 4 is 44.6 Å². The summed E-state index contributed by atoms with van der Waals surface area (Å²) >= 11 is 5.25. The molecule has 0 unspecified atom stereocenters. The molecule has 1 aliphatic heterocycles. The highest BCUT2D eigenvalue weighted by Crippen LogP contribution is 2.30. The first kappa shape index (κ1) is 16.7. The molecule has 6 heteroatoms. The molecule has 2 aromatic carbocycles. The number of hydrogen-bond acceptors (Lipinski definition) is 3. The zero-order valence-corrected chi connectivity index (χ0v) is 16.0. The van der Waals surface area contributed by atoms with Crippen LogP contribution < -0.4 is 0 Å². The zero-order chi connectivity index (χ0) is 17.2. The minimum absolute atomic E-state index is 0.229. The number of hydrogen-bond donors (Lipinski definition) is 1. The van der Waals surface area contributed by atoms with Gasteiger partial charge in [0.25, 0.3) is 0 Å². The highest BCUT2D eigenvalue weighted by Gasteiger charge is 2.33. The number of carbonyl (C=O) groups excluding carboxylic acids is 1. The summed E-state index contributed by atoms with van der Waals surface area (Å²) in [6.45, 7) is 1.52. The molecule has 1 aliphatic rings. The lowest BCUT2D eigenvalue weighted by atomic mass is 9.99. The van der Waals surface area contributed by atoms with Crippen molar-refractivity contribution in [2.45, 2.75) is 17.2 Å². The lowest BCUT2D eigenvalue weighted by molar-refractivity contribution is -0.135. The van der Waals surface area contributed by atoms with Gasteiger partial charge in [0.05, 0.1) is 17.0 Å². The fourth-order valence-corrected chi connectivity index (χ4v) is 4.49. The van der Waals surface area contributed by atoms with Crippen LogP contribution in [0.2, 0.25) is 0 Å². The van der Waals surface area contributed by atoms with E-state index in [9.17, 15) is 4.79 Å². The van der Waals surface area contributed by atoms with Gasteiger partial charge in [0.2, 0.25) is 5.91 Å². The van der Waals surface area contributed by atoms with Gasteiger partial charge in [-0.2, -0.15) is 0 Å². The van der Waals surface area contributed by atoms with E-state index in [1.807, 2.05) is 47.4 Å². The molecule has 0 bridgehead atoms. The smallest absolute Gasteiger partial charge is 0.223 e. The molecule has 1 fully saturated rings. The Morgan fingerprint density at radius 2 is 1.96 bits per heavy atom. The number of H-pyrrole nitrogens is 1. The molecular weight excluding hydrogens is 398 g/mol. The SMILES string of the molecule is O=C(CCSc1ccccc1Br)N1CC(c2nc3ccccc3[nH]2)C1. The average Bonchev–Trinajstić information content (AvgIpc) is 2.98. The Morgan fingerprint density at radius 3 is 2.76 bits per heavy atom. The summed E-state index contributed by atoms with van der Waals surface area (Å²) in [7, 11) is 0. The molecule has 4 nitrogen and oxygen atoms in total. The van der Waals surface area contributed by atoms with E-state index in [2.05, 4.69) is 32.0 Å². The van der Waals surface area contributed by atoms with Crippen LogP contribution in [0.4, 0.5) is 0 Å². The van der Waals surface area contributed by atoms with Gasteiger partial charge in [-0.25, -0.2) is 4.98 Å². The van der Waals surface area contributed by atoms with Gasteiger partial charge in [-0.1, -0.05) is 24.3 Å². The first-order chi connectivity index (χ1) is 12.2. The number of thioether (sulfide) groups is 1. The Balaban J connectivity index is 1.27. The van der Waals surface area contributed by atoms with E-state index < -0.39 is 0 Å². The number of aromatic amines is 1. The molecule has 1 N–H and O–H groups in total. The lowest BCUT2D eigenvalue weighted by Gasteiger charge is -2.38. The summed E-state index contributed by atoms with van der Waals surface area (Å²) < 4.78 is 1.08. The quantitative estimate of drug-likeness (QED) is 0.626. The Kier molecular flexibility index (Phi) is 4.81. The van der Waals surface area contributed by atoms with Gasteiger partial charge in [0, 0.05) is 34.6 Å². The van der Waals surface area contributed by atoms with Crippen LogP contribution in [-0.4, -0.2) is 39.6 Å². The number of nitrogens with one attached hydrogen (secondary N) is 1. The second kappa shape index (κ2) is 7.22. The minimum Gasteiger partial charge on any atom is -0.342 e. The van der Waals surface area contributed by atoms with Crippen LogP contribution in [0, 0.1) is 0 Å². The molecular formula is C19H18BrN3OS. The number of fused-ring (bicyclic) bond motifs is 1. The first-order valence-electron chi connectivity index (χ1n) is 8.30. The van der Waals surface area contributed by atoms with Crippen LogP contribution in [0.25, 0.3) is 11.0 Å². The molecule has 0 saturated carbocycles. The minimum atomic E-state index is 0.229. The number of carbonyl (C=O) groups is 1. The Labute approximate surface area is 159 Å². The fourth-order valence-electron chi connectivity index (χ4n) is 2.99. The monoisotopic (exact) mass is 415 g/mol. The van der Waals surface area contributed by atoms with Crippen molar-refractivity contribution in [3.63, 3.8) is 0 Å². The maximum absolute atomic E-state index is 12.3. The van der Waals surface area contributed by atoms with Gasteiger partial charge < -0.3 is 9.88 Å². The van der Waals surface area contributed by atoms with E-state index in [1.165, 1.54) is 4.90 Å². The zero-order valence-electron chi connectivity index (χ0n) is 13.6. The lowest BCUT2D eigenvalue weighted by Crippen LogP contribution is -2.48. The maximum atomic E-state index is 12.3. The molecule has 0 aliphatic carbocycles. The molecule has 128 valence electrons. The number of likely N-dealkylation sites (tertiary alicyclic amines) is 1. The molecule has 0 radical (unpaired) electrons. The van der Waals surface area contributed by atoms with Crippen molar-refractivity contribution < 1.29 is 4.79 Å². The second-order valence-electron chi connectivity index (χ2n) is 6.16. The first-order valence-corrected chi connectivity index (χ1v) is 10.1. The topological polar surface area (TPSA) is 49.0 Å². The normalized spacial score (nSPS) is 14.7. The van der Waals surface area contributed by atoms with Crippen molar-refractivity contribution in [1.82, 2.24) is 14.9 Å². The summed E-state index contributed by atoms with van der Waals surface area (Å²) in [5, 5.41) is 0. The summed E-state index contributed by atoms with van der Waals surface area (Å²) in [6.07, 6.45) is 0.568. The molecule has 1 amide bonds. The third-order valence-electron chi connectivity index (χ3n) is 4.44. The van der Waals surface area contributed by atoms with Gasteiger partial charge in [0.15, 0.2) is 0 Å². The van der Waals surface area contributed by atoms with Gasteiger partial charge in [-0.15, -0.1) is 11.8 Å². The number of imidazole rings is 1. The maximum Gasteiger partial charge on any atom is 0.223 e. The van der Waals surface area contributed by atoms with Crippen LogP contribution in [0.3, 0.4) is 0 Å². The highest BCUT2D eigenvalue weighted by molar-refractivity contribution is 9.10. The van der Waals surface area contributed by atoms with Crippen molar-refractivity contribution in [3.8, 4) is 0 Å². The van der Waals surface area contributed by atoms with Crippen LogP contribution in [0.1, 0.15) is 18.2 Å². The van der Waals surface area contributed by atoms with Crippen molar-refractivity contribution in [2.24, 2.45) is 0 Å². The van der Waals surface area contributed by atoms with Crippen LogP contribution >= 0.6 is 27.7 Å². The highest BCUT2D eigenvalue weighted by atomic mass is 79.9. The van der Waals surface area contributed by atoms with E-state index in [0.29, 0.717) is 12.3 Å². The Bertz CT molecular complexity index is 871. The van der Waals surface area contributed by atoms with Gasteiger partial charge in [-0.3, -0.25) is 4.79 Å². The molecule has 2 heterocycles. The summed E-state index contributed by atoms with van der Waals surface area (Å²) in [5.74, 6) is 2.35. The van der Waals surface area contributed by atoms with E-state index >= 15 is 0 Å².